The lowest BCUT2D eigenvalue weighted by atomic mass is 9.91. The largest absolute Gasteiger partial charge is 0.504 e. The summed E-state index contributed by atoms with van der Waals surface area (Å²) in [4.78, 5) is 39.2. The first-order chi connectivity index (χ1) is 21.1. The molecular weight excluding hydrogens is 612 g/mol. The molecule has 0 amide bonds. The number of carbonyl (C=O) groups is 3. The molecule has 3 aromatic rings. The number of rotatable bonds is 3. The van der Waals surface area contributed by atoms with E-state index < -0.39 is 135 Å². The Morgan fingerprint density at radius 3 is 1.58 bits per heavy atom. The Balaban J connectivity index is 1.53. The summed E-state index contributed by atoms with van der Waals surface area (Å²) in [5.41, 5.74) is -3.93. The van der Waals surface area contributed by atoms with Crippen LogP contribution >= 0.6 is 0 Å². The molecule has 0 aromatic heterocycles. The van der Waals surface area contributed by atoms with Gasteiger partial charge in [0.15, 0.2) is 58.7 Å². The molecule has 3 aromatic carbocycles. The first-order valence-corrected chi connectivity index (χ1v) is 12.5. The fourth-order valence-corrected chi connectivity index (χ4v) is 4.76. The fourth-order valence-electron chi connectivity index (χ4n) is 4.76. The lowest BCUT2D eigenvalue weighted by Crippen LogP contribution is -2.61. The molecular formula is C27H22O18. The van der Waals surface area contributed by atoms with Gasteiger partial charge in [0, 0.05) is 11.1 Å². The summed E-state index contributed by atoms with van der Waals surface area (Å²) in [6.45, 7) is -0.885. The minimum Gasteiger partial charge on any atom is -0.504 e. The van der Waals surface area contributed by atoms with E-state index in [0.29, 0.717) is 12.1 Å². The average molecular weight is 634 g/mol. The van der Waals surface area contributed by atoms with Crippen molar-refractivity contribution >= 4 is 17.9 Å². The maximum absolute atomic E-state index is 13.4. The number of phenols is 9. The fraction of sp³-hybridized carbons (Fsp3) is 0.222. The van der Waals surface area contributed by atoms with E-state index in [1.54, 1.807) is 0 Å². The van der Waals surface area contributed by atoms with Crippen molar-refractivity contribution in [1.29, 1.82) is 0 Å². The van der Waals surface area contributed by atoms with Crippen LogP contribution in [0.5, 0.6) is 51.7 Å². The van der Waals surface area contributed by atoms with E-state index in [9.17, 15) is 70.6 Å². The number of benzene rings is 3. The number of hydrogen-bond donors (Lipinski definition) is 11. The second-order valence-corrected chi connectivity index (χ2v) is 9.79. The van der Waals surface area contributed by atoms with Gasteiger partial charge in [-0.1, -0.05) is 0 Å². The predicted molar refractivity (Wildman–Crippen MR) is 139 cm³/mol. The third-order valence-corrected chi connectivity index (χ3v) is 7.00. The van der Waals surface area contributed by atoms with Gasteiger partial charge in [0.2, 0.25) is 11.5 Å². The first-order valence-electron chi connectivity index (χ1n) is 12.5. The molecule has 2 aliphatic heterocycles. The Kier molecular flexibility index (Phi) is 7.49. The maximum atomic E-state index is 13.4. The van der Waals surface area contributed by atoms with E-state index in [-0.39, 0.29) is 0 Å². The Hall–Kier alpha value is -5.85. The van der Waals surface area contributed by atoms with Gasteiger partial charge in [-0.05, 0) is 24.3 Å². The van der Waals surface area contributed by atoms with Gasteiger partial charge in [-0.3, -0.25) is 0 Å². The summed E-state index contributed by atoms with van der Waals surface area (Å²) >= 11 is 0. The van der Waals surface area contributed by atoms with Crippen LogP contribution in [0.25, 0.3) is 11.1 Å². The first kappa shape index (κ1) is 30.6. The van der Waals surface area contributed by atoms with Gasteiger partial charge in [-0.2, -0.15) is 0 Å². The van der Waals surface area contributed by atoms with Gasteiger partial charge in [0.05, 0.1) is 16.7 Å². The molecule has 18 heteroatoms. The molecule has 2 aliphatic rings. The Morgan fingerprint density at radius 2 is 1.09 bits per heavy atom. The minimum absolute atomic E-state index is 0.457. The number of aliphatic hydroxyl groups excluding tert-OH is 2. The lowest BCUT2D eigenvalue weighted by molar-refractivity contribution is -0.284. The van der Waals surface area contributed by atoms with Gasteiger partial charge in [-0.25, -0.2) is 14.4 Å². The highest BCUT2D eigenvalue weighted by Gasteiger charge is 2.51. The van der Waals surface area contributed by atoms with Crippen molar-refractivity contribution in [2.24, 2.45) is 0 Å². The standard InChI is InChI=1S/C27H22O18/c28-9-1-6(2-10(29)16(9)32)24(38)42-5-13-19(35)22-23(27(41)43-13)45-26(40)8-4-12(31)18(34)21(37)15(8)14-7(25(39)44-22)3-11(30)17(33)20(14)36/h1-4,13,19,22-23,27-37,41H,5H2/t13-,19-,22+,23-,27-/m1/s1. The summed E-state index contributed by atoms with van der Waals surface area (Å²) < 4.78 is 20.7. The van der Waals surface area contributed by atoms with Crippen molar-refractivity contribution in [1.82, 2.24) is 0 Å². The van der Waals surface area contributed by atoms with Crippen LogP contribution in [0.4, 0.5) is 0 Å². The van der Waals surface area contributed by atoms with Crippen LogP contribution < -0.4 is 0 Å². The SMILES string of the molecule is O=C(OC[C@H]1O[C@@H](O)[C@@H]2OC(=O)c3cc(O)c(O)c(O)c3-c3c(cc(O)c(O)c3O)C(=O)O[C@H]2[C@@H]1O)c1cc(O)c(O)c(O)c1. The zero-order valence-corrected chi connectivity index (χ0v) is 22.2. The molecule has 18 nitrogen and oxygen atoms in total. The number of phenolic OH excluding ortho intramolecular Hbond substituents is 9. The zero-order chi connectivity index (χ0) is 33.1. The van der Waals surface area contributed by atoms with Gasteiger partial charge in [-0.15, -0.1) is 0 Å². The molecule has 45 heavy (non-hydrogen) atoms. The van der Waals surface area contributed by atoms with E-state index in [2.05, 4.69) is 0 Å². The third-order valence-electron chi connectivity index (χ3n) is 7.00. The molecule has 2 heterocycles. The molecule has 0 saturated carbocycles. The van der Waals surface area contributed by atoms with Crippen molar-refractivity contribution in [3.63, 3.8) is 0 Å². The smallest absolute Gasteiger partial charge is 0.339 e. The van der Waals surface area contributed by atoms with Gasteiger partial charge in [0.25, 0.3) is 0 Å². The molecule has 0 unspecified atom stereocenters. The van der Waals surface area contributed by atoms with Crippen LogP contribution in [0, 0.1) is 0 Å². The monoisotopic (exact) mass is 634 g/mol. The van der Waals surface area contributed by atoms with Crippen molar-refractivity contribution in [3.05, 3.63) is 41.0 Å². The second kappa shape index (κ2) is 11.0. The molecule has 0 bridgehead atoms. The van der Waals surface area contributed by atoms with Crippen molar-refractivity contribution in [2.45, 2.75) is 30.7 Å². The van der Waals surface area contributed by atoms with E-state index in [1.807, 2.05) is 0 Å². The topological polar surface area (TPSA) is 311 Å². The highest BCUT2D eigenvalue weighted by molar-refractivity contribution is 6.08. The van der Waals surface area contributed by atoms with Crippen molar-refractivity contribution in [2.75, 3.05) is 6.61 Å². The maximum Gasteiger partial charge on any atom is 0.339 e. The van der Waals surface area contributed by atoms with Crippen LogP contribution in [0.2, 0.25) is 0 Å². The summed E-state index contributed by atoms with van der Waals surface area (Å²) in [6, 6.07) is 2.59. The van der Waals surface area contributed by atoms with Crippen LogP contribution in [0.15, 0.2) is 24.3 Å². The number of carbonyl (C=O) groups excluding carboxylic acids is 3. The molecule has 0 spiro atoms. The molecule has 1 saturated heterocycles. The molecule has 1 fully saturated rings. The highest BCUT2D eigenvalue weighted by atomic mass is 16.7. The molecule has 238 valence electrons. The summed E-state index contributed by atoms with van der Waals surface area (Å²) in [7, 11) is 0. The number of fused-ring (bicyclic) bond motifs is 4. The summed E-state index contributed by atoms with van der Waals surface area (Å²) in [6.07, 6.45) is -10.1. The number of hydrogen-bond acceptors (Lipinski definition) is 18. The van der Waals surface area contributed by atoms with Crippen LogP contribution in [-0.2, 0) is 18.9 Å². The van der Waals surface area contributed by atoms with Crippen LogP contribution in [0.3, 0.4) is 0 Å². The Bertz CT molecular complexity index is 1730. The van der Waals surface area contributed by atoms with E-state index >= 15 is 0 Å². The lowest BCUT2D eigenvalue weighted by Gasteiger charge is -2.41. The highest BCUT2D eigenvalue weighted by Crippen LogP contribution is 2.53. The number of aromatic hydroxyl groups is 9. The Morgan fingerprint density at radius 1 is 0.644 bits per heavy atom. The van der Waals surface area contributed by atoms with Crippen LogP contribution in [-0.4, -0.2) is 111 Å². The molecule has 11 N–H and O–H groups in total. The number of ether oxygens (including phenoxy) is 4. The van der Waals surface area contributed by atoms with E-state index in [1.165, 1.54) is 0 Å². The molecule has 5 rings (SSSR count). The summed E-state index contributed by atoms with van der Waals surface area (Å²) in [5.74, 6) is -14.1. The number of esters is 3. The average Bonchev–Trinajstić information content (AvgIpc) is 2.99. The molecule has 0 aliphatic carbocycles. The predicted octanol–water partition coefficient (Wildman–Crippen LogP) is -0.297. The zero-order valence-electron chi connectivity index (χ0n) is 22.2. The van der Waals surface area contributed by atoms with Gasteiger partial charge >= 0.3 is 17.9 Å². The summed E-state index contributed by atoms with van der Waals surface area (Å²) in [5, 5.41) is 112. The Labute approximate surface area is 248 Å². The number of aliphatic hydroxyl groups is 2. The van der Waals surface area contributed by atoms with Crippen molar-refractivity contribution in [3.8, 4) is 62.9 Å². The van der Waals surface area contributed by atoms with E-state index in [4.69, 9.17) is 18.9 Å². The quantitative estimate of drug-likeness (QED) is 0.100. The van der Waals surface area contributed by atoms with Gasteiger partial charge in [0.1, 0.15) is 18.8 Å². The van der Waals surface area contributed by atoms with E-state index in [0.717, 1.165) is 12.1 Å². The molecule has 0 radical (unpaired) electrons. The minimum atomic E-state index is -2.22. The van der Waals surface area contributed by atoms with Crippen LogP contribution in [0.1, 0.15) is 31.1 Å². The molecule has 5 atom stereocenters. The normalized spacial score (nSPS) is 22.7. The third kappa shape index (κ3) is 5.07. The van der Waals surface area contributed by atoms with Gasteiger partial charge < -0.3 is 75.1 Å². The van der Waals surface area contributed by atoms with Crippen molar-refractivity contribution < 1.29 is 89.5 Å². The second-order valence-electron chi connectivity index (χ2n) is 9.79.